The number of aromatic nitrogens is 4. The fourth-order valence-electron chi connectivity index (χ4n) is 2.79. The summed E-state index contributed by atoms with van der Waals surface area (Å²) in [6.07, 6.45) is 6.38. The second-order valence-corrected chi connectivity index (χ2v) is 7.83. The third-order valence-electron chi connectivity index (χ3n) is 3.93. The van der Waals surface area contributed by atoms with Crippen LogP contribution in [0.25, 0.3) is 10.2 Å². The molecule has 0 amide bonds. The molecule has 0 saturated heterocycles. The van der Waals surface area contributed by atoms with Crippen molar-refractivity contribution in [2.24, 2.45) is 7.05 Å². The zero-order valence-electron chi connectivity index (χ0n) is 12.4. The van der Waals surface area contributed by atoms with Gasteiger partial charge in [0.2, 0.25) is 0 Å². The number of aryl methyl sites for hydroxylation is 2. The lowest BCUT2D eigenvalue weighted by molar-refractivity contribution is 0.726. The van der Waals surface area contributed by atoms with Gasteiger partial charge in [-0.3, -0.25) is 14.3 Å². The highest BCUT2D eigenvalue weighted by molar-refractivity contribution is 7.98. The first-order chi connectivity index (χ1) is 11.1. The largest absolute Gasteiger partial charge is 0.290 e. The van der Waals surface area contributed by atoms with Crippen LogP contribution in [0.15, 0.2) is 22.3 Å². The van der Waals surface area contributed by atoms with Crippen LogP contribution in [-0.2, 0) is 25.6 Å². The third-order valence-corrected chi connectivity index (χ3v) is 6.37. The lowest BCUT2D eigenvalue weighted by atomic mass is 10.2. The van der Waals surface area contributed by atoms with Crippen molar-refractivity contribution >= 4 is 44.9 Å². The van der Waals surface area contributed by atoms with Gasteiger partial charge in [-0.1, -0.05) is 23.4 Å². The molecule has 0 aliphatic heterocycles. The molecule has 0 atom stereocenters. The summed E-state index contributed by atoms with van der Waals surface area (Å²) >= 11 is 8.89. The zero-order chi connectivity index (χ0) is 16.0. The van der Waals surface area contributed by atoms with Crippen molar-refractivity contribution in [2.75, 3.05) is 0 Å². The molecule has 0 N–H and O–H groups in total. The van der Waals surface area contributed by atoms with Gasteiger partial charge < -0.3 is 0 Å². The summed E-state index contributed by atoms with van der Waals surface area (Å²) in [5.41, 5.74) is 2.08. The first-order valence-electron chi connectivity index (χ1n) is 7.24. The minimum atomic E-state index is 0.0547. The monoisotopic (exact) mass is 364 g/mol. The molecule has 0 bridgehead atoms. The smallest absolute Gasteiger partial charge is 0.262 e. The van der Waals surface area contributed by atoms with Crippen LogP contribution in [0.3, 0.4) is 0 Å². The molecule has 3 aromatic rings. The molecule has 8 heteroatoms. The highest BCUT2D eigenvalue weighted by atomic mass is 35.5. The Bertz CT molecular complexity index is 949. The summed E-state index contributed by atoms with van der Waals surface area (Å²) < 4.78 is 1.64. The van der Waals surface area contributed by atoms with Crippen molar-refractivity contribution in [1.29, 1.82) is 0 Å². The second kappa shape index (κ2) is 5.89. The zero-order valence-corrected chi connectivity index (χ0v) is 14.8. The maximum atomic E-state index is 12.7. The van der Waals surface area contributed by atoms with E-state index >= 15 is 0 Å². The van der Waals surface area contributed by atoms with Crippen molar-refractivity contribution in [3.63, 3.8) is 0 Å². The average Bonchev–Trinajstić information content (AvgIpc) is 3.11. The number of hydrogen-bond donors (Lipinski definition) is 0. The van der Waals surface area contributed by atoms with E-state index in [0.717, 1.165) is 35.2 Å². The third kappa shape index (κ3) is 2.66. The van der Waals surface area contributed by atoms with Crippen molar-refractivity contribution in [3.05, 3.63) is 44.0 Å². The molecule has 3 heterocycles. The molecule has 0 spiro atoms. The summed E-state index contributed by atoms with van der Waals surface area (Å²) in [6, 6.07) is 0. The van der Waals surface area contributed by atoms with Crippen molar-refractivity contribution in [3.8, 4) is 0 Å². The normalized spacial score (nSPS) is 13.7. The van der Waals surface area contributed by atoms with Gasteiger partial charge in [0, 0.05) is 17.7 Å². The predicted octanol–water partition coefficient (Wildman–Crippen LogP) is 3.22. The van der Waals surface area contributed by atoms with Crippen molar-refractivity contribution < 1.29 is 0 Å². The number of thiophene rings is 1. The number of fused-ring (bicyclic) bond motifs is 3. The Morgan fingerprint density at radius 2 is 2.22 bits per heavy atom. The summed E-state index contributed by atoms with van der Waals surface area (Å²) in [5.74, 6) is 0.598. The Morgan fingerprint density at radius 1 is 1.35 bits per heavy atom. The summed E-state index contributed by atoms with van der Waals surface area (Å²) in [6.45, 7) is 0. The Hall–Kier alpha value is -1.44. The maximum Gasteiger partial charge on any atom is 0.262 e. The summed E-state index contributed by atoms with van der Waals surface area (Å²) in [4.78, 5) is 27.8. The number of nitrogens with zero attached hydrogens (tertiary/aromatic N) is 4. The maximum absolute atomic E-state index is 12.7. The van der Waals surface area contributed by atoms with Gasteiger partial charge in [-0.05, 0) is 24.8 Å². The molecule has 0 unspecified atom stereocenters. The molecule has 0 aromatic carbocycles. The highest BCUT2D eigenvalue weighted by Crippen LogP contribution is 2.35. The quantitative estimate of drug-likeness (QED) is 0.527. The topological polar surface area (TPSA) is 60.7 Å². The minimum absolute atomic E-state index is 0.0547. The molecule has 0 radical (unpaired) electrons. The van der Waals surface area contributed by atoms with E-state index in [1.807, 2.05) is 0 Å². The van der Waals surface area contributed by atoms with Gasteiger partial charge in [-0.15, -0.1) is 11.3 Å². The fraction of sp³-hybridized carbons (Fsp3) is 0.333. The molecule has 0 fully saturated rings. The molecule has 3 aromatic heterocycles. The first-order valence-corrected chi connectivity index (χ1v) is 9.42. The molecule has 1 aliphatic carbocycles. The Kier molecular flexibility index (Phi) is 3.87. The van der Waals surface area contributed by atoms with E-state index in [1.165, 1.54) is 28.4 Å². The van der Waals surface area contributed by atoms with Gasteiger partial charge in [0.25, 0.3) is 5.56 Å². The van der Waals surface area contributed by atoms with Crippen LogP contribution in [0, 0.1) is 0 Å². The van der Waals surface area contributed by atoms with Gasteiger partial charge in [-0.25, -0.2) is 9.97 Å². The van der Waals surface area contributed by atoms with Gasteiger partial charge in [0.05, 0.1) is 23.5 Å². The number of thioether (sulfide) groups is 1. The van der Waals surface area contributed by atoms with Crippen LogP contribution >= 0.6 is 34.7 Å². The Morgan fingerprint density at radius 3 is 3.00 bits per heavy atom. The van der Waals surface area contributed by atoms with Crippen LogP contribution in [0.4, 0.5) is 0 Å². The van der Waals surface area contributed by atoms with E-state index in [-0.39, 0.29) is 5.56 Å². The average molecular weight is 365 g/mol. The number of hydrogen-bond acceptors (Lipinski definition) is 6. The lowest BCUT2D eigenvalue weighted by Crippen LogP contribution is -2.20. The Balaban J connectivity index is 1.69. The van der Waals surface area contributed by atoms with Crippen LogP contribution in [0.5, 0.6) is 0 Å². The lowest BCUT2D eigenvalue weighted by Gasteiger charge is -2.07. The van der Waals surface area contributed by atoms with Crippen LogP contribution in [-0.4, -0.2) is 19.5 Å². The van der Waals surface area contributed by atoms with Crippen molar-refractivity contribution in [2.45, 2.75) is 30.2 Å². The molecule has 23 heavy (non-hydrogen) atoms. The van der Waals surface area contributed by atoms with Gasteiger partial charge in [0.1, 0.15) is 9.98 Å². The molecule has 0 saturated carbocycles. The van der Waals surface area contributed by atoms with Crippen LogP contribution in [0.2, 0.25) is 5.15 Å². The standard InChI is InChI=1S/C15H13ClN4OS2/c1-20-14(21)12-9-3-2-4-10(9)23-13(12)19-15(20)22-7-8-5-18-11(16)6-17-8/h5-6H,2-4,7H2,1H3. The molecule has 5 nitrogen and oxygen atoms in total. The molecular formula is C15H13ClN4OS2. The van der Waals surface area contributed by atoms with Crippen LogP contribution < -0.4 is 5.56 Å². The summed E-state index contributed by atoms with van der Waals surface area (Å²) in [7, 11) is 1.78. The SMILES string of the molecule is Cn1c(SCc2cnc(Cl)cn2)nc2sc3c(c2c1=O)CCC3. The number of halogens is 1. The highest BCUT2D eigenvalue weighted by Gasteiger charge is 2.22. The molecular weight excluding hydrogens is 352 g/mol. The van der Waals surface area contributed by atoms with E-state index in [1.54, 1.807) is 29.1 Å². The second-order valence-electron chi connectivity index (χ2n) is 5.42. The first kappa shape index (κ1) is 15.1. The van der Waals surface area contributed by atoms with Crippen molar-refractivity contribution in [1.82, 2.24) is 19.5 Å². The van der Waals surface area contributed by atoms with E-state index in [4.69, 9.17) is 16.6 Å². The molecule has 1 aliphatic rings. The van der Waals surface area contributed by atoms with Crippen LogP contribution in [0.1, 0.15) is 22.6 Å². The van der Waals surface area contributed by atoms with Gasteiger partial charge in [-0.2, -0.15) is 0 Å². The fourth-order valence-corrected chi connectivity index (χ4v) is 5.05. The van der Waals surface area contributed by atoms with E-state index < -0.39 is 0 Å². The predicted molar refractivity (Wildman–Crippen MR) is 93.5 cm³/mol. The summed E-state index contributed by atoms with van der Waals surface area (Å²) in [5, 5.41) is 1.90. The van der Waals surface area contributed by atoms with E-state index in [2.05, 4.69) is 9.97 Å². The molecule has 118 valence electrons. The minimum Gasteiger partial charge on any atom is -0.290 e. The van der Waals surface area contributed by atoms with E-state index in [9.17, 15) is 4.79 Å². The molecule has 4 rings (SSSR count). The van der Waals surface area contributed by atoms with E-state index in [0.29, 0.717) is 16.1 Å². The van der Waals surface area contributed by atoms with Gasteiger partial charge in [0.15, 0.2) is 5.16 Å². The van der Waals surface area contributed by atoms with Gasteiger partial charge >= 0.3 is 0 Å². The Labute approximate surface area is 145 Å². The number of rotatable bonds is 3.